The van der Waals surface area contributed by atoms with Crippen molar-refractivity contribution >= 4 is 17.8 Å². The third kappa shape index (κ3) is 2.88. The Balaban J connectivity index is 1.83. The zero-order valence-electron chi connectivity index (χ0n) is 11.3. The molecular weight excluding hydrogens is 248 g/mol. The highest BCUT2D eigenvalue weighted by molar-refractivity contribution is 5.89. The van der Waals surface area contributed by atoms with Gasteiger partial charge in [0.15, 0.2) is 0 Å². The SMILES string of the molecule is CC(C)N1CC(C(=O)N2CC(CC(=O)O)C2)CC1=O. The second-order valence-corrected chi connectivity index (χ2v) is 5.75. The van der Waals surface area contributed by atoms with Crippen LogP contribution in [0.15, 0.2) is 0 Å². The summed E-state index contributed by atoms with van der Waals surface area (Å²) in [7, 11) is 0. The number of hydrogen-bond acceptors (Lipinski definition) is 3. The molecule has 0 aliphatic carbocycles. The molecule has 6 nitrogen and oxygen atoms in total. The molecule has 2 aliphatic heterocycles. The Labute approximate surface area is 112 Å². The summed E-state index contributed by atoms with van der Waals surface area (Å²) in [5.74, 6) is -0.964. The molecule has 0 bridgehead atoms. The molecule has 1 atom stereocenters. The molecule has 2 heterocycles. The van der Waals surface area contributed by atoms with Gasteiger partial charge in [-0.25, -0.2) is 0 Å². The van der Waals surface area contributed by atoms with Crippen molar-refractivity contribution in [2.75, 3.05) is 19.6 Å². The number of carboxylic acid groups (broad SMARTS) is 1. The fourth-order valence-electron chi connectivity index (χ4n) is 2.78. The van der Waals surface area contributed by atoms with Gasteiger partial charge < -0.3 is 14.9 Å². The molecule has 106 valence electrons. The van der Waals surface area contributed by atoms with E-state index in [0.717, 1.165) is 0 Å². The van der Waals surface area contributed by atoms with E-state index in [-0.39, 0.29) is 42.5 Å². The van der Waals surface area contributed by atoms with Crippen LogP contribution in [0, 0.1) is 11.8 Å². The largest absolute Gasteiger partial charge is 0.481 e. The number of rotatable bonds is 4. The Bertz CT molecular complexity index is 401. The van der Waals surface area contributed by atoms with Crippen LogP contribution in [0.3, 0.4) is 0 Å². The summed E-state index contributed by atoms with van der Waals surface area (Å²) in [6, 6.07) is 0.126. The lowest BCUT2D eigenvalue weighted by Crippen LogP contribution is -2.53. The van der Waals surface area contributed by atoms with E-state index in [0.29, 0.717) is 19.6 Å². The fourth-order valence-corrected chi connectivity index (χ4v) is 2.78. The lowest BCUT2D eigenvalue weighted by molar-refractivity contribution is -0.147. The summed E-state index contributed by atoms with van der Waals surface area (Å²) < 4.78 is 0. The summed E-state index contributed by atoms with van der Waals surface area (Å²) >= 11 is 0. The summed E-state index contributed by atoms with van der Waals surface area (Å²) in [5.41, 5.74) is 0. The molecule has 0 aromatic carbocycles. The Hall–Kier alpha value is -1.59. The van der Waals surface area contributed by atoms with Gasteiger partial charge in [0.2, 0.25) is 11.8 Å². The lowest BCUT2D eigenvalue weighted by Gasteiger charge is -2.40. The number of carbonyl (C=O) groups excluding carboxylic acids is 2. The number of hydrogen-bond donors (Lipinski definition) is 1. The maximum Gasteiger partial charge on any atom is 0.303 e. The van der Waals surface area contributed by atoms with Crippen LogP contribution in [0.5, 0.6) is 0 Å². The van der Waals surface area contributed by atoms with E-state index in [2.05, 4.69) is 0 Å². The van der Waals surface area contributed by atoms with Gasteiger partial charge in [-0.15, -0.1) is 0 Å². The van der Waals surface area contributed by atoms with Gasteiger partial charge in [-0.1, -0.05) is 0 Å². The zero-order valence-corrected chi connectivity index (χ0v) is 11.3. The molecule has 0 radical (unpaired) electrons. The fraction of sp³-hybridized carbons (Fsp3) is 0.769. The van der Waals surface area contributed by atoms with Crippen molar-refractivity contribution in [3.05, 3.63) is 0 Å². The van der Waals surface area contributed by atoms with Crippen molar-refractivity contribution in [1.82, 2.24) is 9.80 Å². The van der Waals surface area contributed by atoms with Gasteiger partial charge >= 0.3 is 5.97 Å². The molecule has 2 amide bonds. The average molecular weight is 268 g/mol. The monoisotopic (exact) mass is 268 g/mol. The van der Waals surface area contributed by atoms with Crippen molar-refractivity contribution in [2.45, 2.75) is 32.7 Å². The Morgan fingerprint density at radius 3 is 2.42 bits per heavy atom. The van der Waals surface area contributed by atoms with Crippen molar-refractivity contribution in [2.24, 2.45) is 11.8 Å². The lowest BCUT2D eigenvalue weighted by atomic mass is 9.94. The quantitative estimate of drug-likeness (QED) is 0.788. The predicted molar refractivity (Wildman–Crippen MR) is 67.3 cm³/mol. The third-order valence-corrected chi connectivity index (χ3v) is 3.86. The summed E-state index contributed by atoms with van der Waals surface area (Å²) in [6.45, 7) is 5.40. The second kappa shape index (κ2) is 5.19. The van der Waals surface area contributed by atoms with E-state index in [1.54, 1.807) is 9.80 Å². The maximum absolute atomic E-state index is 12.2. The van der Waals surface area contributed by atoms with Crippen LogP contribution in [0.4, 0.5) is 0 Å². The third-order valence-electron chi connectivity index (χ3n) is 3.86. The number of carbonyl (C=O) groups is 3. The number of likely N-dealkylation sites (tertiary alicyclic amines) is 2. The second-order valence-electron chi connectivity index (χ2n) is 5.75. The van der Waals surface area contributed by atoms with Crippen LogP contribution in [0.1, 0.15) is 26.7 Å². The molecule has 1 N–H and O–H groups in total. The van der Waals surface area contributed by atoms with E-state index in [9.17, 15) is 14.4 Å². The van der Waals surface area contributed by atoms with Crippen LogP contribution in [-0.4, -0.2) is 58.4 Å². The molecule has 6 heteroatoms. The number of amides is 2. The van der Waals surface area contributed by atoms with Crippen molar-refractivity contribution in [3.63, 3.8) is 0 Å². The standard InChI is InChI=1S/C13H20N2O4/c1-8(2)15-7-10(4-11(15)16)13(19)14-5-9(6-14)3-12(17)18/h8-10H,3-7H2,1-2H3,(H,17,18). The van der Waals surface area contributed by atoms with Crippen LogP contribution < -0.4 is 0 Å². The first-order chi connectivity index (χ1) is 8.88. The molecule has 2 rings (SSSR count). The smallest absolute Gasteiger partial charge is 0.303 e. The van der Waals surface area contributed by atoms with Gasteiger partial charge in [0, 0.05) is 38.0 Å². The van der Waals surface area contributed by atoms with Crippen LogP contribution >= 0.6 is 0 Å². The number of nitrogens with zero attached hydrogens (tertiary/aromatic N) is 2. The highest BCUT2D eigenvalue weighted by atomic mass is 16.4. The van der Waals surface area contributed by atoms with E-state index < -0.39 is 5.97 Å². The topological polar surface area (TPSA) is 77.9 Å². The van der Waals surface area contributed by atoms with Crippen molar-refractivity contribution in [3.8, 4) is 0 Å². The molecule has 0 spiro atoms. The van der Waals surface area contributed by atoms with Crippen LogP contribution in [0.25, 0.3) is 0 Å². The van der Waals surface area contributed by atoms with Gasteiger partial charge in [0.1, 0.15) is 0 Å². The minimum absolute atomic E-state index is 0.00172. The maximum atomic E-state index is 12.2. The molecule has 0 aromatic rings. The van der Waals surface area contributed by atoms with Gasteiger partial charge in [0.05, 0.1) is 12.3 Å². The Morgan fingerprint density at radius 2 is 1.95 bits per heavy atom. The van der Waals surface area contributed by atoms with E-state index >= 15 is 0 Å². The molecule has 1 unspecified atom stereocenters. The molecule has 19 heavy (non-hydrogen) atoms. The van der Waals surface area contributed by atoms with E-state index in [1.165, 1.54) is 0 Å². The summed E-state index contributed by atoms with van der Waals surface area (Å²) in [4.78, 5) is 37.9. The first-order valence-corrected chi connectivity index (χ1v) is 6.68. The van der Waals surface area contributed by atoms with Crippen LogP contribution in [0.2, 0.25) is 0 Å². The average Bonchev–Trinajstić information content (AvgIpc) is 2.64. The molecule has 2 aliphatic rings. The number of carboxylic acids is 1. The van der Waals surface area contributed by atoms with Gasteiger partial charge in [-0.05, 0) is 13.8 Å². The van der Waals surface area contributed by atoms with Crippen LogP contribution in [-0.2, 0) is 14.4 Å². The van der Waals surface area contributed by atoms with Crippen molar-refractivity contribution < 1.29 is 19.5 Å². The first kappa shape index (κ1) is 13.8. The number of aliphatic carboxylic acids is 1. The van der Waals surface area contributed by atoms with Gasteiger partial charge in [0.25, 0.3) is 0 Å². The Kier molecular flexibility index (Phi) is 3.78. The predicted octanol–water partition coefficient (Wildman–Crippen LogP) is 0.176. The highest BCUT2D eigenvalue weighted by Crippen LogP contribution is 2.26. The van der Waals surface area contributed by atoms with E-state index in [1.807, 2.05) is 13.8 Å². The molecule has 0 saturated carbocycles. The molecule has 0 aromatic heterocycles. The normalized spacial score (nSPS) is 23.9. The minimum atomic E-state index is -0.820. The Morgan fingerprint density at radius 1 is 1.32 bits per heavy atom. The zero-order chi connectivity index (χ0) is 14.2. The molecule has 2 saturated heterocycles. The van der Waals surface area contributed by atoms with E-state index in [4.69, 9.17) is 5.11 Å². The molecular formula is C13H20N2O4. The molecule has 2 fully saturated rings. The van der Waals surface area contributed by atoms with Gasteiger partial charge in [-0.2, -0.15) is 0 Å². The first-order valence-electron chi connectivity index (χ1n) is 6.68. The summed E-state index contributed by atoms with van der Waals surface area (Å²) in [5, 5.41) is 8.66. The van der Waals surface area contributed by atoms with Gasteiger partial charge in [-0.3, -0.25) is 14.4 Å². The minimum Gasteiger partial charge on any atom is -0.481 e. The summed E-state index contributed by atoms with van der Waals surface area (Å²) in [6.07, 6.45) is 0.405. The highest BCUT2D eigenvalue weighted by Gasteiger charge is 2.41. The van der Waals surface area contributed by atoms with Crippen molar-refractivity contribution in [1.29, 1.82) is 0 Å².